The molecule has 90 valence electrons. The summed E-state index contributed by atoms with van der Waals surface area (Å²) in [6.45, 7) is 0.669. The smallest absolute Gasteiger partial charge is 0.134 e. The molecule has 0 aliphatic rings. The molecule has 17 heavy (non-hydrogen) atoms. The first-order valence-corrected chi connectivity index (χ1v) is 5.28. The first-order chi connectivity index (χ1) is 8.16. The fourth-order valence-corrected chi connectivity index (χ4v) is 1.54. The molecule has 0 bridgehead atoms. The highest BCUT2D eigenvalue weighted by molar-refractivity contribution is 5.65. The number of hydrogen-bond donors (Lipinski definition) is 2. The highest BCUT2D eigenvalue weighted by atomic mass is 19.1. The summed E-state index contributed by atoms with van der Waals surface area (Å²) in [7, 11) is 1.89. The van der Waals surface area contributed by atoms with Crippen molar-refractivity contribution in [3.05, 3.63) is 36.2 Å². The number of hydrogen-bond acceptors (Lipinski definition) is 4. The minimum absolute atomic E-state index is 0.332. The maximum Gasteiger partial charge on any atom is 0.134 e. The van der Waals surface area contributed by atoms with E-state index in [9.17, 15) is 4.39 Å². The summed E-state index contributed by atoms with van der Waals surface area (Å²) in [5.41, 5.74) is 6.81. The van der Waals surface area contributed by atoms with Crippen LogP contribution in [0.4, 0.5) is 15.8 Å². The molecule has 0 amide bonds. The van der Waals surface area contributed by atoms with Crippen molar-refractivity contribution in [1.29, 1.82) is 0 Å². The molecule has 0 radical (unpaired) electrons. The van der Waals surface area contributed by atoms with Gasteiger partial charge in [0.1, 0.15) is 18.0 Å². The summed E-state index contributed by atoms with van der Waals surface area (Å²) in [5, 5.41) is 10.9. The van der Waals surface area contributed by atoms with Crippen LogP contribution in [0.1, 0.15) is 5.82 Å². The van der Waals surface area contributed by atoms with Crippen molar-refractivity contribution >= 4 is 11.4 Å². The summed E-state index contributed by atoms with van der Waals surface area (Å²) in [5.74, 6) is 0.555. The molecule has 1 aromatic heterocycles. The largest absolute Gasteiger partial charge is 0.397 e. The highest BCUT2D eigenvalue weighted by Gasteiger charge is 2.02. The number of nitrogens with two attached hydrogens (primary N) is 1. The third-order valence-corrected chi connectivity index (χ3v) is 2.48. The van der Waals surface area contributed by atoms with Gasteiger partial charge in [0, 0.05) is 20.0 Å². The molecule has 1 heterocycles. The van der Waals surface area contributed by atoms with E-state index >= 15 is 0 Å². The van der Waals surface area contributed by atoms with Crippen LogP contribution in [0, 0.1) is 5.82 Å². The van der Waals surface area contributed by atoms with Gasteiger partial charge in [-0.15, -0.1) is 10.2 Å². The van der Waals surface area contributed by atoms with Crippen LogP contribution in [0.15, 0.2) is 24.5 Å². The zero-order valence-corrected chi connectivity index (χ0v) is 9.52. The van der Waals surface area contributed by atoms with Crippen molar-refractivity contribution in [2.45, 2.75) is 6.42 Å². The van der Waals surface area contributed by atoms with Crippen LogP contribution in [-0.4, -0.2) is 21.3 Å². The quantitative estimate of drug-likeness (QED) is 0.781. The van der Waals surface area contributed by atoms with Gasteiger partial charge in [-0.3, -0.25) is 0 Å². The third kappa shape index (κ3) is 2.72. The average molecular weight is 235 g/mol. The van der Waals surface area contributed by atoms with Crippen molar-refractivity contribution in [2.75, 3.05) is 17.6 Å². The van der Waals surface area contributed by atoms with Crippen LogP contribution in [0.5, 0.6) is 0 Å². The van der Waals surface area contributed by atoms with Gasteiger partial charge < -0.3 is 15.6 Å². The van der Waals surface area contributed by atoms with Gasteiger partial charge in [0.05, 0.1) is 11.4 Å². The molecule has 0 saturated heterocycles. The number of nitrogen functional groups attached to an aromatic ring is 1. The Hall–Kier alpha value is -2.11. The Morgan fingerprint density at radius 1 is 1.47 bits per heavy atom. The Kier molecular flexibility index (Phi) is 3.22. The molecular weight excluding hydrogens is 221 g/mol. The Morgan fingerprint density at radius 3 is 2.94 bits per heavy atom. The Balaban J connectivity index is 1.92. The van der Waals surface area contributed by atoms with E-state index < -0.39 is 0 Å². The number of anilines is 2. The molecule has 0 saturated carbocycles. The van der Waals surface area contributed by atoms with E-state index in [4.69, 9.17) is 5.73 Å². The number of rotatable bonds is 4. The van der Waals surface area contributed by atoms with Gasteiger partial charge >= 0.3 is 0 Å². The third-order valence-electron chi connectivity index (χ3n) is 2.48. The minimum atomic E-state index is -0.332. The predicted molar refractivity (Wildman–Crippen MR) is 64.0 cm³/mol. The molecule has 0 spiro atoms. The number of aromatic nitrogens is 3. The predicted octanol–water partition coefficient (Wildman–Crippen LogP) is 1.19. The van der Waals surface area contributed by atoms with E-state index in [2.05, 4.69) is 15.5 Å². The molecule has 2 rings (SSSR count). The number of benzene rings is 1. The summed E-state index contributed by atoms with van der Waals surface area (Å²) in [6.07, 6.45) is 2.38. The molecule has 1 aromatic carbocycles. The normalized spacial score (nSPS) is 10.5. The van der Waals surface area contributed by atoms with Crippen LogP contribution in [-0.2, 0) is 13.5 Å². The van der Waals surface area contributed by atoms with Gasteiger partial charge in [-0.2, -0.15) is 0 Å². The molecule has 6 heteroatoms. The van der Waals surface area contributed by atoms with Crippen molar-refractivity contribution in [3.8, 4) is 0 Å². The van der Waals surface area contributed by atoms with Crippen molar-refractivity contribution in [2.24, 2.45) is 7.05 Å². The Bertz CT molecular complexity index is 508. The zero-order valence-electron chi connectivity index (χ0n) is 9.52. The first kappa shape index (κ1) is 11.4. The molecule has 3 N–H and O–H groups in total. The number of nitrogens with one attached hydrogen (secondary N) is 1. The summed E-state index contributed by atoms with van der Waals surface area (Å²) in [4.78, 5) is 0. The van der Waals surface area contributed by atoms with Gasteiger partial charge in [0.25, 0.3) is 0 Å². The van der Waals surface area contributed by atoms with Crippen LogP contribution in [0.2, 0.25) is 0 Å². The molecule has 0 aliphatic carbocycles. The maximum absolute atomic E-state index is 12.8. The average Bonchev–Trinajstić information content (AvgIpc) is 2.68. The molecule has 0 fully saturated rings. The molecular formula is C11H14FN5. The van der Waals surface area contributed by atoms with E-state index in [0.717, 1.165) is 17.9 Å². The van der Waals surface area contributed by atoms with E-state index in [1.807, 2.05) is 11.6 Å². The van der Waals surface area contributed by atoms with Crippen molar-refractivity contribution in [1.82, 2.24) is 14.8 Å². The fourth-order valence-electron chi connectivity index (χ4n) is 1.54. The van der Waals surface area contributed by atoms with Crippen LogP contribution >= 0.6 is 0 Å². The maximum atomic E-state index is 12.8. The molecule has 0 atom stereocenters. The van der Waals surface area contributed by atoms with Crippen LogP contribution in [0.3, 0.4) is 0 Å². The number of nitrogens with zero attached hydrogens (tertiary/aromatic N) is 3. The van der Waals surface area contributed by atoms with Gasteiger partial charge in [0.2, 0.25) is 0 Å². The van der Waals surface area contributed by atoms with Gasteiger partial charge in [-0.05, 0) is 18.2 Å². The van der Waals surface area contributed by atoms with Crippen molar-refractivity contribution in [3.63, 3.8) is 0 Å². The molecule has 5 nitrogen and oxygen atoms in total. The monoisotopic (exact) mass is 235 g/mol. The SMILES string of the molecule is Cn1cnnc1CCNc1ccc(F)cc1N. The van der Waals surface area contributed by atoms with E-state index in [1.165, 1.54) is 12.1 Å². The van der Waals surface area contributed by atoms with E-state index in [1.54, 1.807) is 12.4 Å². The lowest BCUT2D eigenvalue weighted by molar-refractivity contribution is 0.628. The molecule has 2 aromatic rings. The summed E-state index contributed by atoms with van der Waals surface area (Å²) < 4.78 is 14.7. The lowest BCUT2D eigenvalue weighted by Crippen LogP contribution is -2.10. The van der Waals surface area contributed by atoms with E-state index in [-0.39, 0.29) is 5.82 Å². The zero-order chi connectivity index (χ0) is 12.3. The lowest BCUT2D eigenvalue weighted by atomic mass is 10.2. The van der Waals surface area contributed by atoms with Gasteiger partial charge in [-0.25, -0.2) is 4.39 Å². The minimum Gasteiger partial charge on any atom is -0.397 e. The Labute approximate surface area is 98.5 Å². The second-order valence-corrected chi connectivity index (χ2v) is 3.77. The molecule has 0 unspecified atom stereocenters. The number of aryl methyl sites for hydroxylation is 1. The second kappa shape index (κ2) is 4.82. The second-order valence-electron chi connectivity index (χ2n) is 3.77. The standard InChI is InChI=1S/C11H14FN5/c1-17-7-15-16-11(17)4-5-14-10-3-2-8(12)6-9(10)13/h2-3,6-7,14H,4-5,13H2,1H3. The molecule has 0 aliphatic heterocycles. The van der Waals surface area contributed by atoms with E-state index in [0.29, 0.717) is 12.2 Å². The van der Waals surface area contributed by atoms with Gasteiger partial charge in [-0.1, -0.05) is 0 Å². The topological polar surface area (TPSA) is 68.8 Å². The Morgan fingerprint density at radius 2 is 2.29 bits per heavy atom. The summed E-state index contributed by atoms with van der Waals surface area (Å²) >= 11 is 0. The van der Waals surface area contributed by atoms with Crippen molar-refractivity contribution < 1.29 is 4.39 Å². The van der Waals surface area contributed by atoms with Crippen LogP contribution < -0.4 is 11.1 Å². The highest BCUT2D eigenvalue weighted by Crippen LogP contribution is 2.18. The lowest BCUT2D eigenvalue weighted by Gasteiger charge is -2.08. The van der Waals surface area contributed by atoms with Crippen LogP contribution in [0.25, 0.3) is 0 Å². The van der Waals surface area contributed by atoms with Gasteiger partial charge in [0.15, 0.2) is 0 Å². The number of halogens is 1. The fraction of sp³-hybridized carbons (Fsp3) is 0.273. The first-order valence-electron chi connectivity index (χ1n) is 5.28. The summed E-state index contributed by atoms with van der Waals surface area (Å²) in [6, 6.07) is 4.30.